The molecule has 1 aliphatic heterocycles. The number of morpholine rings is 1. The van der Waals surface area contributed by atoms with Crippen LogP contribution in [0.1, 0.15) is 19.1 Å². The molecule has 0 saturated carbocycles. The summed E-state index contributed by atoms with van der Waals surface area (Å²) in [6, 6.07) is 3.96. The number of hydrogen-bond donors (Lipinski definition) is 1. The number of hydrogen-bond acceptors (Lipinski definition) is 4. The largest absolute Gasteiger partial charge is 0.469 e. The van der Waals surface area contributed by atoms with E-state index < -0.39 is 0 Å². The lowest BCUT2D eigenvalue weighted by atomic mass is 10.1. The average molecular weight is 309 g/mol. The summed E-state index contributed by atoms with van der Waals surface area (Å²) in [5.41, 5.74) is 0. The molecule has 0 radical (unpaired) electrons. The summed E-state index contributed by atoms with van der Waals surface area (Å²) in [5, 5.41) is 3.06. The Morgan fingerprint density at radius 1 is 1.55 bits per heavy atom. The van der Waals surface area contributed by atoms with Gasteiger partial charge < -0.3 is 24.3 Å². The monoisotopic (exact) mass is 309 g/mol. The molecule has 1 aromatic rings. The van der Waals surface area contributed by atoms with Crippen LogP contribution in [0.5, 0.6) is 0 Å². The highest BCUT2D eigenvalue weighted by molar-refractivity contribution is 5.74. The van der Waals surface area contributed by atoms with Crippen molar-refractivity contribution in [2.75, 3.05) is 40.3 Å². The molecule has 0 aromatic carbocycles. The van der Waals surface area contributed by atoms with Crippen LogP contribution in [0.2, 0.25) is 0 Å². The van der Waals surface area contributed by atoms with Gasteiger partial charge in [0.2, 0.25) is 0 Å². The molecule has 6 nitrogen and oxygen atoms in total. The van der Waals surface area contributed by atoms with Gasteiger partial charge in [0.1, 0.15) is 5.76 Å². The van der Waals surface area contributed by atoms with E-state index in [0.29, 0.717) is 19.7 Å². The zero-order valence-corrected chi connectivity index (χ0v) is 13.7. The summed E-state index contributed by atoms with van der Waals surface area (Å²) in [5.74, 6) is 0.957. The molecule has 0 spiro atoms. The number of nitrogens with one attached hydrogen (secondary N) is 1. The Hall–Kier alpha value is -1.53. The van der Waals surface area contributed by atoms with E-state index in [-0.39, 0.29) is 18.2 Å². The maximum atomic E-state index is 12.3. The second-order valence-electron chi connectivity index (χ2n) is 6.17. The van der Waals surface area contributed by atoms with Gasteiger partial charge in [-0.1, -0.05) is 0 Å². The standard InChI is InChI=1S/C16H27N3O3/c1-13(6-7-14-5-4-9-21-14)17-16(20)19-8-10-22-15(12-19)11-18(2)3/h4-5,9,13,15H,6-8,10-12H2,1-3H3,(H,17,20). The van der Waals surface area contributed by atoms with Crippen molar-refractivity contribution < 1.29 is 13.9 Å². The number of rotatable bonds is 6. The molecule has 124 valence electrons. The Morgan fingerprint density at radius 3 is 3.05 bits per heavy atom. The lowest BCUT2D eigenvalue weighted by molar-refractivity contribution is -0.0248. The van der Waals surface area contributed by atoms with Crippen molar-refractivity contribution in [3.8, 4) is 0 Å². The Morgan fingerprint density at radius 2 is 2.36 bits per heavy atom. The van der Waals surface area contributed by atoms with Crippen LogP contribution in [-0.4, -0.2) is 68.3 Å². The number of aryl methyl sites for hydroxylation is 1. The predicted octanol–water partition coefficient (Wildman–Crippen LogP) is 1.57. The Balaban J connectivity index is 1.73. The molecule has 6 heteroatoms. The third-order valence-electron chi connectivity index (χ3n) is 3.77. The normalized spacial score (nSPS) is 20.2. The van der Waals surface area contributed by atoms with Crippen LogP contribution in [0.4, 0.5) is 4.79 Å². The number of furan rings is 1. The third-order valence-corrected chi connectivity index (χ3v) is 3.77. The van der Waals surface area contributed by atoms with E-state index in [1.165, 1.54) is 0 Å². The number of urea groups is 1. The lowest BCUT2D eigenvalue weighted by Crippen LogP contribution is -2.53. The van der Waals surface area contributed by atoms with Crippen LogP contribution >= 0.6 is 0 Å². The van der Waals surface area contributed by atoms with Crippen molar-refractivity contribution in [3.05, 3.63) is 24.2 Å². The van der Waals surface area contributed by atoms with Gasteiger partial charge in [-0.3, -0.25) is 0 Å². The summed E-state index contributed by atoms with van der Waals surface area (Å²) in [7, 11) is 4.03. The fraction of sp³-hybridized carbons (Fsp3) is 0.688. The Labute approximate surface area is 132 Å². The molecular weight excluding hydrogens is 282 g/mol. The third kappa shape index (κ3) is 5.35. The molecule has 22 heavy (non-hydrogen) atoms. The smallest absolute Gasteiger partial charge is 0.317 e. The minimum atomic E-state index is -0.000925. The molecule has 1 N–H and O–H groups in total. The summed E-state index contributed by atoms with van der Waals surface area (Å²) >= 11 is 0. The second-order valence-corrected chi connectivity index (χ2v) is 6.17. The van der Waals surface area contributed by atoms with E-state index in [2.05, 4.69) is 10.2 Å². The molecule has 1 aliphatic rings. The summed E-state index contributed by atoms with van der Waals surface area (Å²) < 4.78 is 11.0. The number of nitrogens with zero attached hydrogens (tertiary/aromatic N) is 2. The van der Waals surface area contributed by atoms with Gasteiger partial charge in [0.05, 0.1) is 19.0 Å². The topological polar surface area (TPSA) is 58.0 Å². The first kappa shape index (κ1) is 16.8. The Bertz CT molecular complexity index is 447. The number of ether oxygens (including phenoxy) is 1. The van der Waals surface area contributed by atoms with E-state index in [9.17, 15) is 4.79 Å². The van der Waals surface area contributed by atoms with Gasteiger partial charge in [0, 0.05) is 32.1 Å². The van der Waals surface area contributed by atoms with E-state index >= 15 is 0 Å². The molecular formula is C16H27N3O3. The van der Waals surface area contributed by atoms with Crippen molar-refractivity contribution in [1.82, 2.24) is 15.1 Å². The molecule has 2 rings (SSSR count). The highest BCUT2D eigenvalue weighted by Gasteiger charge is 2.25. The molecule has 1 saturated heterocycles. The van der Waals surface area contributed by atoms with Crippen LogP contribution in [0.3, 0.4) is 0 Å². The molecule has 2 amide bonds. The quantitative estimate of drug-likeness (QED) is 0.866. The van der Waals surface area contributed by atoms with Gasteiger partial charge in [0.25, 0.3) is 0 Å². The van der Waals surface area contributed by atoms with Gasteiger partial charge in [0.15, 0.2) is 0 Å². The van der Waals surface area contributed by atoms with E-state index in [4.69, 9.17) is 9.15 Å². The zero-order chi connectivity index (χ0) is 15.9. The van der Waals surface area contributed by atoms with Crippen molar-refractivity contribution in [3.63, 3.8) is 0 Å². The molecule has 1 fully saturated rings. The van der Waals surface area contributed by atoms with Gasteiger partial charge in [-0.2, -0.15) is 0 Å². The molecule has 2 unspecified atom stereocenters. The summed E-state index contributed by atoms with van der Waals surface area (Å²) in [6.07, 6.45) is 3.47. The Kier molecular flexibility index (Phi) is 6.27. The first-order valence-corrected chi connectivity index (χ1v) is 7.88. The molecule has 2 heterocycles. The summed E-state index contributed by atoms with van der Waals surface area (Å²) in [4.78, 5) is 16.3. The van der Waals surface area contributed by atoms with Crippen LogP contribution < -0.4 is 5.32 Å². The highest BCUT2D eigenvalue weighted by atomic mass is 16.5. The van der Waals surface area contributed by atoms with Crippen LogP contribution in [0.25, 0.3) is 0 Å². The number of likely N-dealkylation sites (N-methyl/N-ethyl adjacent to an activating group) is 1. The molecule has 0 aliphatic carbocycles. The first-order valence-electron chi connectivity index (χ1n) is 7.88. The second kappa shape index (κ2) is 8.19. The molecule has 1 aromatic heterocycles. The van der Waals surface area contributed by atoms with Crippen molar-refractivity contribution in [2.45, 2.75) is 31.9 Å². The van der Waals surface area contributed by atoms with Crippen LogP contribution in [0, 0.1) is 0 Å². The minimum absolute atomic E-state index is 0.000925. The average Bonchev–Trinajstić information content (AvgIpc) is 2.98. The van der Waals surface area contributed by atoms with Crippen molar-refractivity contribution in [1.29, 1.82) is 0 Å². The van der Waals surface area contributed by atoms with E-state index in [1.807, 2.05) is 38.1 Å². The fourth-order valence-corrected chi connectivity index (χ4v) is 2.61. The van der Waals surface area contributed by atoms with Gasteiger partial charge in [-0.05, 0) is 39.6 Å². The number of carbonyl (C=O) groups is 1. The van der Waals surface area contributed by atoms with Crippen molar-refractivity contribution in [2.24, 2.45) is 0 Å². The fourth-order valence-electron chi connectivity index (χ4n) is 2.61. The van der Waals surface area contributed by atoms with Crippen LogP contribution in [-0.2, 0) is 11.2 Å². The maximum Gasteiger partial charge on any atom is 0.317 e. The lowest BCUT2D eigenvalue weighted by Gasteiger charge is -2.34. The first-order chi connectivity index (χ1) is 10.5. The SMILES string of the molecule is CC(CCc1ccco1)NC(=O)N1CCOC(CN(C)C)C1. The predicted molar refractivity (Wildman–Crippen MR) is 84.9 cm³/mol. The van der Waals surface area contributed by atoms with Gasteiger partial charge in [-0.15, -0.1) is 0 Å². The highest BCUT2D eigenvalue weighted by Crippen LogP contribution is 2.09. The van der Waals surface area contributed by atoms with E-state index in [1.54, 1.807) is 6.26 Å². The van der Waals surface area contributed by atoms with Gasteiger partial charge in [-0.25, -0.2) is 4.79 Å². The maximum absolute atomic E-state index is 12.3. The van der Waals surface area contributed by atoms with E-state index in [0.717, 1.165) is 25.1 Å². The zero-order valence-electron chi connectivity index (χ0n) is 13.7. The number of carbonyl (C=O) groups excluding carboxylic acids is 1. The minimum Gasteiger partial charge on any atom is -0.469 e. The molecule has 0 bridgehead atoms. The van der Waals surface area contributed by atoms with Crippen molar-refractivity contribution >= 4 is 6.03 Å². The van der Waals surface area contributed by atoms with Crippen LogP contribution in [0.15, 0.2) is 22.8 Å². The molecule has 2 atom stereocenters. The van der Waals surface area contributed by atoms with Gasteiger partial charge >= 0.3 is 6.03 Å². The number of amides is 2. The summed E-state index contributed by atoms with van der Waals surface area (Å²) in [6.45, 7) is 4.76.